The van der Waals surface area contributed by atoms with E-state index >= 15 is 0 Å². The summed E-state index contributed by atoms with van der Waals surface area (Å²) in [5, 5.41) is 9.68. The van der Waals surface area contributed by atoms with Crippen LogP contribution in [0.4, 0.5) is 14.9 Å². The number of carbonyl (C=O) groups is 2. The van der Waals surface area contributed by atoms with Gasteiger partial charge >= 0.3 is 11.3 Å². The van der Waals surface area contributed by atoms with Crippen molar-refractivity contribution in [2.75, 3.05) is 5.32 Å². The molecule has 0 saturated heterocycles. The third-order valence-corrected chi connectivity index (χ3v) is 1.54. The summed E-state index contributed by atoms with van der Waals surface area (Å²) in [7, 11) is 0. The molecule has 74 valence electrons. The number of amides is 1. The van der Waals surface area contributed by atoms with Gasteiger partial charge in [-0.3, -0.25) is 4.79 Å². The highest BCUT2D eigenvalue weighted by Crippen LogP contribution is 2.17. The molecule has 0 spiro atoms. The molecule has 0 heterocycles. The molecule has 2 N–H and O–H groups in total. The Morgan fingerprint density at radius 3 is 2.57 bits per heavy atom. The van der Waals surface area contributed by atoms with Gasteiger partial charge in [-0.1, -0.05) is 0 Å². The Labute approximate surface area is 83.3 Å². The van der Waals surface area contributed by atoms with Crippen molar-refractivity contribution in [1.82, 2.24) is 0 Å². The van der Waals surface area contributed by atoms with Crippen molar-refractivity contribution < 1.29 is 19.1 Å². The van der Waals surface area contributed by atoms with E-state index in [-0.39, 0.29) is 11.3 Å². The molecule has 1 rings (SSSR count). The second kappa shape index (κ2) is 4.06. The largest absolute Gasteiger partial charge is 0.478 e. The average molecular weight is 218 g/mol. The van der Waals surface area contributed by atoms with Crippen LogP contribution in [-0.4, -0.2) is 16.4 Å². The van der Waals surface area contributed by atoms with E-state index in [1.54, 1.807) is 0 Å². The van der Waals surface area contributed by atoms with Crippen molar-refractivity contribution in [3.63, 3.8) is 0 Å². The fraction of sp³-hybridized carbons (Fsp3) is 0. The van der Waals surface area contributed by atoms with E-state index in [0.717, 1.165) is 18.2 Å². The summed E-state index contributed by atoms with van der Waals surface area (Å²) in [5.41, 5.74) is -0.391. The Morgan fingerprint density at radius 2 is 2.07 bits per heavy atom. The molecule has 0 aliphatic carbocycles. The highest BCUT2D eigenvalue weighted by molar-refractivity contribution is 6.65. The number of carboxylic acid groups (broad SMARTS) is 1. The number of benzene rings is 1. The summed E-state index contributed by atoms with van der Waals surface area (Å²) in [6.45, 7) is 0. The van der Waals surface area contributed by atoms with E-state index < -0.39 is 17.2 Å². The Balaban J connectivity index is 3.15. The maximum absolute atomic E-state index is 12.7. The number of carboxylic acids is 1. The van der Waals surface area contributed by atoms with Gasteiger partial charge in [-0.2, -0.15) is 0 Å². The molecule has 14 heavy (non-hydrogen) atoms. The lowest BCUT2D eigenvalue weighted by Gasteiger charge is -2.04. The Hall–Kier alpha value is -1.62. The highest BCUT2D eigenvalue weighted by atomic mass is 35.5. The average Bonchev–Trinajstić information content (AvgIpc) is 2.01. The zero-order chi connectivity index (χ0) is 10.7. The van der Waals surface area contributed by atoms with Crippen molar-refractivity contribution in [3.8, 4) is 0 Å². The van der Waals surface area contributed by atoms with Crippen LogP contribution in [0.5, 0.6) is 0 Å². The first-order chi connectivity index (χ1) is 6.50. The third kappa shape index (κ3) is 2.43. The lowest BCUT2D eigenvalue weighted by Crippen LogP contribution is -2.08. The van der Waals surface area contributed by atoms with Crippen LogP contribution in [0.2, 0.25) is 0 Å². The van der Waals surface area contributed by atoms with E-state index in [9.17, 15) is 14.0 Å². The number of halogens is 2. The molecule has 1 aromatic carbocycles. The van der Waals surface area contributed by atoms with Gasteiger partial charge in [0, 0.05) is 0 Å². The minimum absolute atomic E-state index is 0.169. The second-order valence-electron chi connectivity index (χ2n) is 2.39. The van der Waals surface area contributed by atoms with Crippen molar-refractivity contribution >= 4 is 28.6 Å². The first-order valence-corrected chi connectivity index (χ1v) is 3.88. The maximum atomic E-state index is 12.7. The second-order valence-corrected chi connectivity index (χ2v) is 2.74. The Morgan fingerprint density at radius 1 is 1.43 bits per heavy atom. The quantitative estimate of drug-likeness (QED) is 0.590. The maximum Gasteiger partial charge on any atom is 0.337 e. The van der Waals surface area contributed by atoms with Gasteiger partial charge < -0.3 is 10.4 Å². The third-order valence-electron chi connectivity index (χ3n) is 1.44. The van der Waals surface area contributed by atoms with Crippen molar-refractivity contribution in [1.29, 1.82) is 0 Å². The Bertz CT molecular complexity index is 394. The lowest BCUT2D eigenvalue weighted by atomic mass is 10.2. The Kier molecular flexibility index (Phi) is 3.03. The predicted molar refractivity (Wildman–Crippen MR) is 48.2 cm³/mol. The van der Waals surface area contributed by atoms with Crippen LogP contribution >= 0.6 is 11.6 Å². The zero-order valence-electron chi connectivity index (χ0n) is 6.75. The smallest absolute Gasteiger partial charge is 0.337 e. The molecule has 0 aliphatic heterocycles. The molecule has 4 nitrogen and oxygen atoms in total. The normalized spacial score (nSPS) is 9.57. The summed E-state index contributed by atoms with van der Waals surface area (Å²) in [6, 6.07) is 2.90. The van der Waals surface area contributed by atoms with Crippen LogP contribution in [-0.2, 0) is 0 Å². The summed E-state index contributed by atoms with van der Waals surface area (Å²) in [5.74, 6) is -1.93. The SMILES string of the molecule is O=C(Cl)Nc1cc(F)ccc1C(=O)O. The minimum atomic E-state index is -1.27. The minimum Gasteiger partial charge on any atom is -0.478 e. The van der Waals surface area contributed by atoms with Crippen LogP contribution < -0.4 is 5.32 Å². The fourth-order valence-corrected chi connectivity index (χ4v) is 1.01. The van der Waals surface area contributed by atoms with E-state index in [1.165, 1.54) is 0 Å². The lowest BCUT2D eigenvalue weighted by molar-refractivity contribution is 0.0698. The molecule has 0 aliphatic rings. The molecular formula is C8H5ClFNO3. The van der Waals surface area contributed by atoms with E-state index in [1.807, 2.05) is 5.32 Å². The molecule has 1 amide bonds. The van der Waals surface area contributed by atoms with Gasteiger partial charge in [-0.05, 0) is 29.8 Å². The van der Waals surface area contributed by atoms with E-state index in [4.69, 9.17) is 16.7 Å². The molecule has 6 heteroatoms. The first-order valence-electron chi connectivity index (χ1n) is 3.50. The number of rotatable bonds is 2. The molecule has 0 aromatic heterocycles. The number of carbonyl (C=O) groups excluding carboxylic acids is 1. The van der Waals surface area contributed by atoms with Crippen molar-refractivity contribution in [3.05, 3.63) is 29.6 Å². The molecule has 0 saturated carbocycles. The van der Waals surface area contributed by atoms with Crippen LogP contribution in [0, 0.1) is 5.82 Å². The zero-order valence-corrected chi connectivity index (χ0v) is 7.51. The standard InChI is InChI=1S/C8H5ClFNO3/c9-8(14)11-6-3-4(10)1-2-5(6)7(12)13/h1-3H,(H,11,14)(H,12,13). The monoisotopic (exact) mass is 217 g/mol. The van der Waals surface area contributed by atoms with Crippen LogP contribution in [0.15, 0.2) is 18.2 Å². The molecule has 0 unspecified atom stereocenters. The number of anilines is 1. The van der Waals surface area contributed by atoms with Crippen molar-refractivity contribution in [2.24, 2.45) is 0 Å². The fourth-order valence-electron chi connectivity index (χ4n) is 0.912. The molecule has 0 atom stereocenters. The van der Waals surface area contributed by atoms with Crippen LogP contribution in [0.25, 0.3) is 0 Å². The topological polar surface area (TPSA) is 66.4 Å². The molecule has 1 aromatic rings. The summed E-state index contributed by atoms with van der Waals surface area (Å²) in [4.78, 5) is 21.0. The molecule has 0 radical (unpaired) electrons. The molecule has 0 fully saturated rings. The van der Waals surface area contributed by atoms with Gasteiger partial charge in [-0.15, -0.1) is 0 Å². The number of hydrogen-bond acceptors (Lipinski definition) is 2. The van der Waals surface area contributed by atoms with Gasteiger partial charge in [0.15, 0.2) is 0 Å². The van der Waals surface area contributed by atoms with Gasteiger partial charge in [0.25, 0.3) is 0 Å². The van der Waals surface area contributed by atoms with Crippen LogP contribution in [0.3, 0.4) is 0 Å². The van der Waals surface area contributed by atoms with Gasteiger partial charge in [0.05, 0.1) is 11.3 Å². The van der Waals surface area contributed by atoms with Crippen LogP contribution in [0.1, 0.15) is 10.4 Å². The van der Waals surface area contributed by atoms with Gasteiger partial charge in [0.1, 0.15) is 5.82 Å². The molecular weight excluding hydrogens is 213 g/mol. The van der Waals surface area contributed by atoms with Gasteiger partial charge in [-0.25, -0.2) is 9.18 Å². The van der Waals surface area contributed by atoms with Gasteiger partial charge in [0.2, 0.25) is 0 Å². The molecule has 0 bridgehead atoms. The number of aromatic carboxylic acids is 1. The summed E-state index contributed by atoms with van der Waals surface area (Å²) in [6.07, 6.45) is 0. The van der Waals surface area contributed by atoms with E-state index in [0.29, 0.717) is 0 Å². The first kappa shape index (κ1) is 10.5. The number of hydrogen-bond donors (Lipinski definition) is 2. The van der Waals surface area contributed by atoms with Crippen molar-refractivity contribution in [2.45, 2.75) is 0 Å². The summed E-state index contributed by atoms with van der Waals surface area (Å²) >= 11 is 4.98. The predicted octanol–water partition coefficient (Wildman–Crippen LogP) is 2.29. The van der Waals surface area contributed by atoms with E-state index in [2.05, 4.69) is 0 Å². The highest BCUT2D eigenvalue weighted by Gasteiger charge is 2.12. The summed E-state index contributed by atoms with van der Waals surface area (Å²) < 4.78 is 12.7. The number of nitrogens with one attached hydrogen (secondary N) is 1.